The number of carboxylic acid groups (broad SMARTS) is 1. The molecule has 0 saturated heterocycles. The van der Waals surface area contributed by atoms with Gasteiger partial charge in [0.1, 0.15) is 0 Å². The molecule has 2 aromatic rings. The lowest BCUT2D eigenvalue weighted by Crippen LogP contribution is -2.54. The van der Waals surface area contributed by atoms with Gasteiger partial charge in [0.25, 0.3) is 5.91 Å². The van der Waals surface area contributed by atoms with Crippen LogP contribution >= 0.6 is 0 Å². The van der Waals surface area contributed by atoms with Gasteiger partial charge in [-0.2, -0.15) is 0 Å². The van der Waals surface area contributed by atoms with Crippen molar-refractivity contribution in [2.45, 2.75) is 38.1 Å². The van der Waals surface area contributed by atoms with Crippen LogP contribution in [0.5, 0.6) is 0 Å². The summed E-state index contributed by atoms with van der Waals surface area (Å²) >= 11 is 0. The molecule has 1 aromatic heterocycles. The minimum Gasteiger partial charge on any atom is -0.481 e. The van der Waals surface area contributed by atoms with Crippen LogP contribution in [0.25, 0.3) is 11.4 Å². The van der Waals surface area contributed by atoms with E-state index in [2.05, 4.69) is 15.3 Å². The predicted molar refractivity (Wildman–Crippen MR) is 88.5 cm³/mol. The highest BCUT2D eigenvalue weighted by Crippen LogP contribution is 2.35. The summed E-state index contributed by atoms with van der Waals surface area (Å²) in [5.41, 5.74) is 1.21. The number of carbonyl (C=O) groups excluding carboxylic acids is 1. The summed E-state index contributed by atoms with van der Waals surface area (Å²) in [4.78, 5) is 32.2. The number of nitrogens with zero attached hydrogens (tertiary/aromatic N) is 2. The van der Waals surface area contributed by atoms with E-state index in [1.54, 1.807) is 6.92 Å². The molecule has 0 spiro atoms. The van der Waals surface area contributed by atoms with Crippen molar-refractivity contribution in [2.75, 3.05) is 0 Å². The third-order valence-electron chi connectivity index (χ3n) is 4.43. The summed E-state index contributed by atoms with van der Waals surface area (Å²) in [7, 11) is 0. The van der Waals surface area contributed by atoms with Gasteiger partial charge < -0.3 is 10.4 Å². The van der Waals surface area contributed by atoms with Gasteiger partial charge in [-0.1, -0.05) is 30.3 Å². The molecule has 1 fully saturated rings. The zero-order valence-corrected chi connectivity index (χ0v) is 13.5. The summed E-state index contributed by atoms with van der Waals surface area (Å²) in [5.74, 6) is -0.649. The fourth-order valence-electron chi connectivity index (χ4n) is 2.96. The number of carbonyl (C=O) groups is 2. The number of aromatic nitrogens is 2. The van der Waals surface area contributed by atoms with E-state index in [9.17, 15) is 9.59 Å². The van der Waals surface area contributed by atoms with Crippen LogP contribution in [0.1, 0.15) is 41.7 Å². The minimum atomic E-state index is -0.901. The van der Waals surface area contributed by atoms with Crippen molar-refractivity contribution in [3.05, 3.63) is 47.8 Å². The van der Waals surface area contributed by atoms with Crippen LogP contribution in [0.15, 0.2) is 36.5 Å². The van der Waals surface area contributed by atoms with Gasteiger partial charge in [0, 0.05) is 11.8 Å². The highest BCUT2D eigenvalue weighted by atomic mass is 16.4. The molecule has 2 N–H and O–H groups in total. The van der Waals surface area contributed by atoms with E-state index in [-0.39, 0.29) is 12.3 Å². The molecule has 0 bridgehead atoms. The maximum absolute atomic E-state index is 12.5. The van der Waals surface area contributed by atoms with Gasteiger partial charge >= 0.3 is 5.97 Å². The van der Waals surface area contributed by atoms with E-state index in [1.165, 1.54) is 6.20 Å². The Kier molecular flexibility index (Phi) is 4.29. The average Bonchev–Trinajstić information content (AvgIpc) is 2.53. The largest absolute Gasteiger partial charge is 0.481 e. The summed E-state index contributed by atoms with van der Waals surface area (Å²) in [6.45, 7) is 1.76. The van der Waals surface area contributed by atoms with Crippen LogP contribution in [0, 0.1) is 6.92 Å². The molecule has 3 rings (SSSR count). The molecule has 1 amide bonds. The molecule has 1 saturated carbocycles. The van der Waals surface area contributed by atoms with E-state index in [1.807, 2.05) is 30.3 Å². The van der Waals surface area contributed by atoms with Crippen molar-refractivity contribution in [1.29, 1.82) is 0 Å². The van der Waals surface area contributed by atoms with Gasteiger partial charge in [-0.05, 0) is 26.2 Å². The monoisotopic (exact) mass is 325 g/mol. The molecular formula is C18H19N3O3. The molecule has 0 atom stereocenters. The third kappa shape index (κ3) is 3.27. The summed E-state index contributed by atoms with van der Waals surface area (Å²) < 4.78 is 0. The lowest BCUT2D eigenvalue weighted by molar-refractivity contribution is -0.139. The van der Waals surface area contributed by atoms with E-state index >= 15 is 0 Å². The summed E-state index contributed by atoms with van der Waals surface area (Å²) in [6, 6.07) is 9.54. The van der Waals surface area contributed by atoms with Crippen LogP contribution in [0.3, 0.4) is 0 Å². The zero-order chi connectivity index (χ0) is 17.2. The Hall–Kier alpha value is -2.76. The van der Waals surface area contributed by atoms with E-state index < -0.39 is 11.5 Å². The van der Waals surface area contributed by atoms with Crippen molar-refractivity contribution in [1.82, 2.24) is 15.3 Å². The van der Waals surface area contributed by atoms with Crippen molar-refractivity contribution >= 4 is 11.9 Å². The normalized spacial score (nSPS) is 15.4. The van der Waals surface area contributed by atoms with Crippen LogP contribution in [0.4, 0.5) is 0 Å². The molecule has 24 heavy (non-hydrogen) atoms. The van der Waals surface area contributed by atoms with Crippen molar-refractivity contribution in [2.24, 2.45) is 0 Å². The van der Waals surface area contributed by atoms with Gasteiger partial charge in [0.15, 0.2) is 5.82 Å². The maximum atomic E-state index is 12.5. The van der Waals surface area contributed by atoms with Crippen molar-refractivity contribution < 1.29 is 14.7 Å². The molecule has 124 valence electrons. The van der Waals surface area contributed by atoms with Crippen molar-refractivity contribution in [3.63, 3.8) is 0 Å². The number of aryl methyl sites for hydroxylation is 1. The van der Waals surface area contributed by atoms with E-state index in [0.717, 1.165) is 12.0 Å². The summed E-state index contributed by atoms with van der Waals surface area (Å²) in [5, 5.41) is 11.9. The zero-order valence-electron chi connectivity index (χ0n) is 13.5. The Morgan fingerprint density at radius 1 is 1.25 bits per heavy atom. The SMILES string of the molecule is Cc1nc(-c2ccccc2)ncc1C(=O)NC1(CC(=O)O)CCC1. The first kappa shape index (κ1) is 16.1. The number of amides is 1. The van der Waals surface area contributed by atoms with Crippen LogP contribution in [0.2, 0.25) is 0 Å². The molecule has 1 aromatic carbocycles. The maximum Gasteiger partial charge on any atom is 0.305 e. The molecule has 1 aliphatic carbocycles. The second-order valence-electron chi connectivity index (χ2n) is 6.22. The van der Waals surface area contributed by atoms with Gasteiger partial charge in [-0.3, -0.25) is 9.59 Å². The molecule has 6 nitrogen and oxygen atoms in total. The number of carboxylic acids is 1. The Morgan fingerprint density at radius 3 is 2.50 bits per heavy atom. The second kappa shape index (κ2) is 6.39. The van der Waals surface area contributed by atoms with Gasteiger partial charge in [-0.15, -0.1) is 0 Å². The first-order valence-electron chi connectivity index (χ1n) is 7.92. The molecule has 6 heteroatoms. The number of hydrogen-bond donors (Lipinski definition) is 2. The molecule has 1 heterocycles. The standard InChI is InChI=1S/C18H19N3O3/c1-12-14(11-19-16(20-12)13-6-3-2-4-7-13)17(24)21-18(8-5-9-18)10-15(22)23/h2-4,6-7,11H,5,8-10H2,1H3,(H,21,24)(H,22,23). The smallest absolute Gasteiger partial charge is 0.305 e. The Bertz CT molecular complexity index is 770. The first-order chi connectivity index (χ1) is 11.5. The summed E-state index contributed by atoms with van der Waals surface area (Å²) in [6.07, 6.45) is 3.75. The van der Waals surface area contributed by atoms with Crippen LogP contribution < -0.4 is 5.32 Å². The highest BCUT2D eigenvalue weighted by molar-refractivity contribution is 5.96. The quantitative estimate of drug-likeness (QED) is 0.881. The Morgan fingerprint density at radius 2 is 1.96 bits per heavy atom. The van der Waals surface area contributed by atoms with E-state index in [4.69, 9.17) is 5.11 Å². The van der Waals surface area contributed by atoms with Crippen molar-refractivity contribution in [3.8, 4) is 11.4 Å². The van der Waals surface area contributed by atoms with Crippen LogP contribution in [-0.2, 0) is 4.79 Å². The van der Waals surface area contributed by atoms with Gasteiger partial charge in [0.05, 0.1) is 23.2 Å². The minimum absolute atomic E-state index is 0.0548. The van der Waals surface area contributed by atoms with Gasteiger partial charge in [0.2, 0.25) is 0 Å². The van der Waals surface area contributed by atoms with E-state index in [0.29, 0.717) is 29.9 Å². The second-order valence-corrected chi connectivity index (χ2v) is 6.22. The molecule has 0 aliphatic heterocycles. The van der Waals surface area contributed by atoms with Gasteiger partial charge in [-0.25, -0.2) is 9.97 Å². The predicted octanol–water partition coefficient (Wildman–Crippen LogP) is 2.58. The molecule has 0 radical (unpaired) electrons. The lowest BCUT2D eigenvalue weighted by atomic mass is 9.74. The fourth-order valence-corrected chi connectivity index (χ4v) is 2.96. The average molecular weight is 325 g/mol. The topological polar surface area (TPSA) is 92.2 Å². The lowest BCUT2D eigenvalue weighted by Gasteiger charge is -2.41. The molecule has 1 aliphatic rings. The number of benzene rings is 1. The Labute approximate surface area is 140 Å². The molecule has 0 unspecified atom stereocenters. The Balaban J connectivity index is 1.79. The third-order valence-corrected chi connectivity index (χ3v) is 4.43. The fraction of sp³-hybridized carbons (Fsp3) is 0.333. The first-order valence-corrected chi connectivity index (χ1v) is 7.92. The number of hydrogen-bond acceptors (Lipinski definition) is 4. The highest BCUT2D eigenvalue weighted by Gasteiger charge is 2.40. The number of aliphatic carboxylic acids is 1. The van der Waals surface area contributed by atoms with Crippen LogP contribution in [-0.4, -0.2) is 32.5 Å². The molecular weight excluding hydrogens is 306 g/mol. The number of rotatable bonds is 5. The number of nitrogens with one attached hydrogen (secondary N) is 1.